The van der Waals surface area contributed by atoms with E-state index in [0.717, 1.165) is 45.3 Å². The highest BCUT2D eigenvalue weighted by Crippen LogP contribution is 2.33. The van der Waals surface area contributed by atoms with Gasteiger partial charge in [0.1, 0.15) is 11.6 Å². The number of methoxy groups -OCH3 is 1. The number of benzene rings is 1. The monoisotopic (exact) mass is 325 g/mol. The Hall–Kier alpha value is -1.17. The fraction of sp³-hybridized carbons (Fsp3) is 0.667. The third-order valence-corrected chi connectivity index (χ3v) is 4.61. The molecular weight excluding hydrogens is 297 g/mol. The van der Waals surface area contributed by atoms with E-state index in [9.17, 15) is 9.50 Å². The largest absolute Gasteiger partial charge is 0.494 e. The lowest BCUT2D eigenvalue weighted by Gasteiger charge is -2.42. The van der Waals surface area contributed by atoms with Crippen molar-refractivity contribution in [2.24, 2.45) is 5.41 Å². The van der Waals surface area contributed by atoms with Gasteiger partial charge in [-0.25, -0.2) is 4.39 Å². The van der Waals surface area contributed by atoms with Gasteiger partial charge in [-0.15, -0.1) is 0 Å². The van der Waals surface area contributed by atoms with Crippen LogP contribution in [0.2, 0.25) is 0 Å². The Balaban J connectivity index is 1.71. The van der Waals surface area contributed by atoms with Crippen molar-refractivity contribution in [3.05, 3.63) is 30.1 Å². The molecule has 2 rings (SSSR count). The third kappa shape index (κ3) is 5.75. The SMILES string of the molecule is COCC[C@]1(CO)CCCN(CCCOc2ccc(F)cc2)C1. The zero-order chi connectivity index (χ0) is 16.5. The Bertz CT molecular complexity index is 454. The predicted octanol–water partition coefficient (Wildman–Crippen LogP) is 2.71. The molecule has 23 heavy (non-hydrogen) atoms. The first-order valence-electron chi connectivity index (χ1n) is 8.38. The van der Waals surface area contributed by atoms with Crippen molar-refractivity contribution >= 4 is 0 Å². The highest BCUT2D eigenvalue weighted by Gasteiger charge is 2.34. The van der Waals surface area contributed by atoms with Gasteiger partial charge in [0.15, 0.2) is 0 Å². The van der Waals surface area contributed by atoms with Crippen molar-refractivity contribution in [3.8, 4) is 5.75 Å². The quantitative estimate of drug-likeness (QED) is 0.709. The maximum atomic E-state index is 12.8. The molecule has 1 fully saturated rings. The topological polar surface area (TPSA) is 41.9 Å². The van der Waals surface area contributed by atoms with Crippen LogP contribution in [0, 0.1) is 11.2 Å². The van der Waals surface area contributed by atoms with Crippen LogP contribution in [0.25, 0.3) is 0 Å². The predicted molar refractivity (Wildman–Crippen MR) is 88.2 cm³/mol. The van der Waals surface area contributed by atoms with E-state index in [2.05, 4.69) is 4.90 Å². The Labute approximate surface area is 138 Å². The number of hydrogen-bond acceptors (Lipinski definition) is 4. The molecule has 0 amide bonds. The summed E-state index contributed by atoms with van der Waals surface area (Å²) < 4.78 is 23.6. The summed E-state index contributed by atoms with van der Waals surface area (Å²) in [6.45, 7) is 4.48. The molecule has 1 aliphatic rings. The molecule has 4 nitrogen and oxygen atoms in total. The number of halogens is 1. The van der Waals surface area contributed by atoms with E-state index in [0.29, 0.717) is 19.0 Å². The van der Waals surface area contributed by atoms with Gasteiger partial charge in [-0.05, 0) is 56.5 Å². The van der Waals surface area contributed by atoms with Gasteiger partial charge in [-0.3, -0.25) is 0 Å². The molecule has 0 bridgehead atoms. The van der Waals surface area contributed by atoms with Crippen molar-refractivity contribution in [3.63, 3.8) is 0 Å². The molecule has 1 atom stereocenters. The molecule has 130 valence electrons. The smallest absolute Gasteiger partial charge is 0.123 e. The Kier molecular flexibility index (Phi) is 7.27. The van der Waals surface area contributed by atoms with Crippen LogP contribution < -0.4 is 4.74 Å². The summed E-state index contributed by atoms with van der Waals surface area (Å²) >= 11 is 0. The van der Waals surface area contributed by atoms with E-state index in [1.54, 1.807) is 19.2 Å². The van der Waals surface area contributed by atoms with Gasteiger partial charge in [-0.2, -0.15) is 0 Å². The van der Waals surface area contributed by atoms with Gasteiger partial charge in [0, 0.05) is 32.2 Å². The van der Waals surface area contributed by atoms with E-state index in [1.165, 1.54) is 12.1 Å². The van der Waals surface area contributed by atoms with Gasteiger partial charge >= 0.3 is 0 Å². The first-order valence-corrected chi connectivity index (χ1v) is 8.38. The normalized spacial score (nSPS) is 22.2. The Morgan fingerprint density at radius 2 is 2.04 bits per heavy atom. The highest BCUT2D eigenvalue weighted by molar-refractivity contribution is 5.21. The number of hydrogen-bond donors (Lipinski definition) is 1. The molecule has 0 radical (unpaired) electrons. The van der Waals surface area contributed by atoms with Crippen molar-refractivity contribution in [2.75, 3.05) is 46.6 Å². The minimum atomic E-state index is -0.248. The van der Waals surface area contributed by atoms with Gasteiger partial charge in [0.25, 0.3) is 0 Å². The van der Waals surface area contributed by atoms with Gasteiger partial charge < -0.3 is 19.5 Å². The van der Waals surface area contributed by atoms with Gasteiger partial charge in [-0.1, -0.05) is 0 Å². The zero-order valence-electron chi connectivity index (χ0n) is 14.0. The lowest BCUT2D eigenvalue weighted by Crippen LogP contribution is -2.46. The highest BCUT2D eigenvalue weighted by atomic mass is 19.1. The molecule has 1 aromatic rings. The molecule has 0 spiro atoms. The molecule has 1 N–H and O–H groups in total. The van der Waals surface area contributed by atoms with Crippen LogP contribution in [0.5, 0.6) is 5.75 Å². The fourth-order valence-corrected chi connectivity index (χ4v) is 3.24. The van der Waals surface area contributed by atoms with Crippen molar-refractivity contribution < 1.29 is 19.0 Å². The van der Waals surface area contributed by atoms with Crippen LogP contribution in [0.4, 0.5) is 4.39 Å². The molecule has 0 aromatic heterocycles. The van der Waals surface area contributed by atoms with Crippen LogP contribution in [0.15, 0.2) is 24.3 Å². The van der Waals surface area contributed by atoms with E-state index in [4.69, 9.17) is 9.47 Å². The molecule has 0 unspecified atom stereocenters. The number of rotatable bonds is 9. The molecule has 1 aromatic carbocycles. The van der Waals surface area contributed by atoms with Crippen LogP contribution in [-0.4, -0.2) is 56.6 Å². The number of aliphatic hydroxyl groups excluding tert-OH is 1. The lowest BCUT2D eigenvalue weighted by atomic mass is 9.78. The second-order valence-electron chi connectivity index (χ2n) is 6.44. The van der Waals surface area contributed by atoms with Crippen molar-refractivity contribution in [1.82, 2.24) is 4.90 Å². The van der Waals surface area contributed by atoms with Crippen molar-refractivity contribution in [1.29, 1.82) is 0 Å². The summed E-state index contributed by atoms with van der Waals surface area (Å²) in [4.78, 5) is 2.41. The lowest BCUT2D eigenvalue weighted by molar-refractivity contribution is 0.00630. The standard InChI is InChI=1S/C18H28FNO3/c1-22-13-9-18(15-21)8-2-10-20(14-18)11-3-12-23-17-6-4-16(19)5-7-17/h4-7,21H,2-3,8-15H2,1H3/t18-/m1/s1. The molecule has 1 heterocycles. The van der Waals surface area contributed by atoms with E-state index >= 15 is 0 Å². The average Bonchev–Trinajstić information content (AvgIpc) is 2.59. The van der Waals surface area contributed by atoms with Crippen LogP contribution >= 0.6 is 0 Å². The summed E-state index contributed by atoms with van der Waals surface area (Å²) in [5, 5.41) is 9.79. The summed E-state index contributed by atoms with van der Waals surface area (Å²) in [5.41, 5.74) is -0.0218. The molecule has 0 aliphatic carbocycles. The van der Waals surface area contributed by atoms with Crippen LogP contribution in [0.1, 0.15) is 25.7 Å². The second-order valence-corrected chi connectivity index (χ2v) is 6.44. The maximum Gasteiger partial charge on any atom is 0.123 e. The van der Waals surface area contributed by atoms with Crippen LogP contribution in [0.3, 0.4) is 0 Å². The number of piperidine rings is 1. The van der Waals surface area contributed by atoms with Crippen molar-refractivity contribution in [2.45, 2.75) is 25.7 Å². The minimum absolute atomic E-state index is 0.0218. The summed E-state index contributed by atoms with van der Waals surface area (Å²) in [5.74, 6) is 0.455. The minimum Gasteiger partial charge on any atom is -0.494 e. The summed E-state index contributed by atoms with van der Waals surface area (Å²) in [6.07, 6.45) is 4.00. The molecule has 1 saturated heterocycles. The summed E-state index contributed by atoms with van der Waals surface area (Å²) in [7, 11) is 1.71. The third-order valence-electron chi connectivity index (χ3n) is 4.61. The van der Waals surface area contributed by atoms with E-state index in [1.807, 2.05) is 0 Å². The number of ether oxygens (including phenoxy) is 2. The maximum absolute atomic E-state index is 12.8. The molecule has 0 saturated carbocycles. The second kappa shape index (κ2) is 9.21. The summed E-state index contributed by atoms with van der Waals surface area (Å²) in [6, 6.07) is 6.12. The average molecular weight is 325 g/mol. The first kappa shape index (κ1) is 18.2. The number of nitrogens with zero attached hydrogens (tertiary/aromatic N) is 1. The fourth-order valence-electron chi connectivity index (χ4n) is 3.24. The Morgan fingerprint density at radius 1 is 1.26 bits per heavy atom. The number of aliphatic hydroxyl groups is 1. The van der Waals surface area contributed by atoms with Gasteiger partial charge in [0.05, 0.1) is 13.2 Å². The van der Waals surface area contributed by atoms with Crippen LogP contribution in [-0.2, 0) is 4.74 Å². The van der Waals surface area contributed by atoms with E-state index in [-0.39, 0.29) is 17.8 Å². The Morgan fingerprint density at radius 3 is 2.74 bits per heavy atom. The molecular formula is C18H28FNO3. The zero-order valence-corrected chi connectivity index (χ0v) is 14.0. The van der Waals surface area contributed by atoms with Gasteiger partial charge in [0.2, 0.25) is 0 Å². The number of likely N-dealkylation sites (tertiary alicyclic amines) is 1. The molecule has 5 heteroatoms. The molecule has 1 aliphatic heterocycles. The first-order chi connectivity index (χ1) is 11.2. The van der Waals surface area contributed by atoms with E-state index < -0.39 is 0 Å².